The molecule has 3 nitrogen and oxygen atoms in total. The fourth-order valence-electron chi connectivity index (χ4n) is 2.34. The van der Waals surface area contributed by atoms with E-state index in [1.807, 2.05) is 42.5 Å². The summed E-state index contributed by atoms with van der Waals surface area (Å²) in [5.74, 6) is -0.170. The van der Waals surface area contributed by atoms with Crippen LogP contribution in [0.25, 0.3) is 0 Å². The lowest BCUT2D eigenvalue weighted by molar-refractivity contribution is 0.0951. The molecule has 5 heteroatoms. The van der Waals surface area contributed by atoms with Gasteiger partial charge in [0.25, 0.3) is 5.91 Å². The molecule has 24 heavy (non-hydrogen) atoms. The van der Waals surface area contributed by atoms with E-state index in [9.17, 15) is 9.90 Å². The van der Waals surface area contributed by atoms with Crippen LogP contribution in [0.2, 0.25) is 5.02 Å². The van der Waals surface area contributed by atoms with Gasteiger partial charge >= 0.3 is 0 Å². The number of benzene rings is 2. The molecule has 0 aliphatic carbocycles. The molecule has 0 saturated carbocycles. The van der Waals surface area contributed by atoms with Crippen molar-refractivity contribution in [3.63, 3.8) is 0 Å². The van der Waals surface area contributed by atoms with Gasteiger partial charge in [0, 0.05) is 20.3 Å². The molecule has 1 amide bonds. The molecule has 122 valence electrons. The predicted octanol–water partition coefficient (Wildman–Crippen LogP) is 4.41. The first-order chi connectivity index (χ1) is 11.6. The molecule has 0 radical (unpaired) electrons. The highest BCUT2D eigenvalue weighted by atomic mass is 35.5. The van der Waals surface area contributed by atoms with Gasteiger partial charge in [-0.1, -0.05) is 48.0 Å². The molecular weight excluding hydrogens is 342 g/mol. The molecule has 2 aromatic carbocycles. The monoisotopic (exact) mass is 357 g/mol. The van der Waals surface area contributed by atoms with E-state index in [0.717, 1.165) is 15.3 Å². The minimum absolute atomic E-state index is 0.170. The van der Waals surface area contributed by atoms with Crippen LogP contribution in [0.5, 0.6) is 0 Å². The van der Waals surface area contributed by atoms with Crippen LogP contribution in [0.15, 0.2) is 66.7 Å². The Morgan fingerprint density at radius 1 is 1.08 bits per heavy atom. The van der Waals surface area contributed by atoms with Crippen molar-refractivity contribution < 1.29 is 9.90 Å². The second-order valence-corrected chi connectivity index (χ2v) is 6.95. The maximum absolute atomic E-state index is 12.1. The highest BCUT2D eigenvalue weighted by Crippen LogP contribution is 2.28. The van der Waals surface area contributed by atoms with Gasteiger partial charge in [-0.3, -0.25) is 4.79 Å². The first-order valence-corrected chi connectivity index (χ1v) is 8.68. The second kappa shape index (κ2) is 7.62. The van der Waals surface area contributed by atoms with E-state index in [4.69, 9.17) is 11.6 Å². The van der Waals surface area contributed by atoms with E-state index in [-0.39, 0.29) is 5.91 Å². The summed E-state index contributed by atoms with van der Waals surface area (Å²) in [5, 5.41) is 13.8. The lowest BCUT2D eigenvalue weighted by Gasteiger charge is -2.08. The molecule has 0 spiro atoms. The first-order valence-electron chi connectivity index (χ1n) is 7.49. The van der Waals surface area contributed by atoms with Crippen LogP contribution >= 0.6 is 22.9 Å². The molecule has 0 aliphatic heterocycles. The smallest absolute Gasteiger partial charge is 0.251 e. The quantitative estimate of drug-likeness (QED) is 0.710. The fourth-order valence-corrected chi connectivity index (χ4v) is 3.49. The van der Waals surface area contributed by atoms with Gasteiger partial charge in [-0.05, 0) is 35.9 Å². The molecular formula is C19H16ClNO2S. The third-order valence-corrected chi connectivity index (χ3v) is 4.95. The summed E-state index contributed by atoms with van der Waals surface area (Å²) in [5.41, 5.74) is 1.39. The summed E-state index contributed by atoms with van der Waals surface area (Å²) in [7, 11) is 0. The van der Waals surface area contributed by atoms with Crippen LogP contribution in [0.4, 0.5) is 0 Å². The number of hydrogen-bond donors (Lipinski definition) is 2. The van der Waals surface area contributed by atoms with Gasteiger partial charge in [0.05, 0.1) is 6.54 Å². The van der Waals surface area contributed by atoms with E-state index in [1.165, 1.54) is 11.3 Å². The number of amides is 1. The van der Waals surface area contributed by atoms with Gasteiger partial charge in [-0.15, -0.1) is 11.3 Å². The Kier molecular flexibility index (Phi) is 5.30. The molecule has 0 fully saturated rings. The average Bonchev–Trinajstić information content (AvgIpc) is 3.09. The van der Waals surface area contributed by atoms with Crippen LogP contribution in [0.1, 0.15) is 31.8 Å². The topological polar surface area (TPSA) is 49.3 Å². The van der Waals surface area contributed by atoms with E-state index in [1.54, 1.807) is 24.3 Å². The Morgan fingerprint density at radius 2 is 1.88 bits per heavy atom. The lowest BCUT2D eigenvalue weighted by atomic mass is 10.1. The Balaban J connectivity index is 1.63. The molecule has 1 atom stereocenters. The molecule has 0 aliphatic rings. The number of aliphatic hydroxyl groups excluding tert-OH is 1. The zero-order valence-electron chi connectivity index (χ0n) is 12.8. The Hall–Kier alpha value is -2.14. The molecule has 2 N–H and O–H groups in total. The largest absolute Gasteiger partial charge is 0.383 e. The van der Waals surface area contributed by atoms with Crippen molar-refractivity contribution in [3.8, 4) is 0 Å². The van der Waals surface area contributed by atoms with Gasteiger partial charge in [-0.2, -0.15) is 0 Å². The minimum Gasteiger partial charge on any atom is -0.383 e. The Morgan fingerprint density at radius 3 is 2.62 bits per heavy atom. The van der Waals surface area contributed by atoms with Crippen molar-refractivity contribution >= 4 is 28.8 Å². The SMILES string of the molecule is O=C(NCc1ccc([C@@H](O)c2ccccc2)s1)c1cccc(Cl)c1. The second-order valence-electron chi connectivity index (χ2n) is 5.31. The van der Waals surface area contributed by atoms with E-state index >= 15 is 0 Å². The molecule has 1 aromatic heterocycles. The fraction of sp³-hybridized carbons (Fsp3) is 0.105. The zero-order chi connectivity index (χ0) is 16.9. The van der Waals surface area contributed by atoms with Crippen molar-refractivity contribution in [1.82, 2.24) is 5.32 Å². The van der Waals surface area contributed by atoms with Crippen molar-refractivity contribution in [1.29, 1.82) is 0 Å². The molecule has 0 bridgehead atoms. The number of thiophene rings is 1. The summed E-state index contributed by atoms with van der Waals surface area (Å²) in [6.45, 7) is 0.414. The summed E-state index contributed by atoms with van der Waals surface area (Å²) in [4.78, 5) is 14.0. The minimum atomic E-state index is -0.645. The molecule has 3 aromatic rings. The van der Waals surface area contributed by atoms with Crippen LogP contribution in [-0.4, -0.2) is 11.0 Å². The van der Waals surface area contributed by atoms with Gasteiger partial charge < -0.3 is 10.4 Å². The van der Waals surface area contributed by atoms with Crippen molar-refractivity contribution in [2.24, 2.45) is 0 Å². The first kappa shape index (κ1) is 16.7. The van der Waals surface area contributed by atoms with E-state index < -0.39 is 6.10 Å². The average molecular weight is 358 g/mol. The third-order valence-electron chi connectivity index (χ3n) is 3.58. The van der Waals surface area contributed by atoms with Gasteiger partial charge in [-0.25, -0.2) is 0 Å². The number of carbonyl (C=O) groups excluding carboxylic acids is 1. The molecule has 3 rings (SSSR count). The van der Waals surface area contributed by atoms with E-state index in [0.29, 0.717) is 17.1 Å². The van der Waals surface area contributed by atoms with Crippen LogP contribution in [-0.2, 0) is 6.54 Å². The van der Waals surface area contributed by atoms with Gasteiger partial charge in [0.15, 0.2) is 0 Å². The summed E-state index contributed by atoms with van der Waals surface area (Å²) >= 11 is 7.38. The van der Waals surface area contributed by atoms with Gasteiger partial charge in [0.1, 0.15) is 6.10 Å². The maximum Gasteiger partial charge on any atom is 0.251 e. The zero-order valence-corrected chi connectivity index (χ0v) is 14.3. The number of nitrogens with one attached hydrogen (secondary N) is 1. The summed E-state index contributed by atoms with van der Waals surface area (Å²) in [6, 6.07) is 20.2. The van der Waals surface area contributed by atoms with Gasteiger partial charge in [0.2, 0.25) is 0 Å². The maximum atomic E-state index is 12.1. The Bertz CT molecular complexity index is 832. The molecule has 0 unspecified atom stereocenters. The van der Waals surface area contributed by atoms with Crippen LogP contribution in [0, 0.1) is 0 Å². The number of hydrogen-bond acceptors (Lipinski definition) is 3. The van der Waals surface area contributed by atoms with Crippen molar-refractivity contribution in [2.75, 3.05) is 0 Å². The highest BCUT2D eigenvalue weighted by Gasteiger charge is 2.13. The third kappa shape index (κ3) is 4.03. The van der Waals surface area contributed by atoms with Crippen LogP contribution in [0.3, 0.4) is 0 Å². The van der Waals surface area contributed by atoms with Crippen LogP contribution < -0.4 is 5.32 Å². The summed E-state index contributed by atoms with van der Waals surface area (Å²) < 4.78 is 0. The Labute approximate surface area is 149 Å². The molecule has 0 saturated heterocycles. The van der Waals surface area contributed by atoms with Crippen molar-refractivity contribution in [2.45, 2.75) is 12.6 Å². The van der Waals surface area contributed by atoms with E-state index in [2.05, 4.69) is 5.32 Å². The van der Waals surface area contributed by atoms with Crippen molar-refractivity contribution in [3.05, 3.63) is 92.6 Å². The lowest BCUT2D eigenvalue weighted by Crippen LogP contribution is -2.22. The molecule has 1 heterocycles. The number of aliphatic hydroxyl groups is 1. The normalized spacial score (nSPS) is 11.9. The highest BCUT2D eigenvalue weighted by molar-refractivity contribution is 7.12. The number of halogens is 1. The predicted molar refractivity (Wildman–Crippen MR) is 97.4 cm³/mol. The summed E-state index contributed by atoms with van der Waals surface area (Å²) in [6.07, 6.45) is -0.645. The standard InChI is InChI=1S/C19H16ClNO2S/c20-15-8-4-7-14(11-15)19(23)21-12-16-9-10-17(24-16)18(22)13-5-2-1-3-6-13/h1-11,18,22H,12H2,(H,21,23)/t18-/m0/s1. The number of carbonyl (C=O) groups is 1. The number of rotatable bonds is 5.